The van der Waals surface area contributed by atoms with Crippen LogP contribution >= 0.6 is 0 Å². The predicted molar refractivity (Wildman–Crippen MR) is 49.6 cm³/mol. The van der Waals surface area contributed by atoms with E-state index in [1.54, 1.807) is 6.07 Å². The summed E-state index contributed by atoms with van der Waals surface area (Å²) in [6, 6.07) is 4.24. The van der Waals surface area contributed by atoms with Gasteiger partial charge in [-0.25, -0.2) is 4.98 Å². The van der Waals surface area contributed by atoms with Gasteiger partial charge in [-0.05, 0) is 12.1 Å². The summed E-state index contributed by atoms with van der Waals surface area (Å²) in [6.45, 7) is 0.0321. The van der Waals surface area contributed by atoms with E-state index in [1.807, 2.05) is 0 Å². The topological polar surface area (TPSA) is 62.3 Å². The molecule has 1 saturated heterocycles. The molecule has 0 saturated carbocycles. The lowest BCUT2D eigenvalue weighted by molar-refractivity contribution is -0.130. The number of halogens is 1. The van der Waals surface area contributed by atoms with Crippen LogP contribution in [0.25, 0.3) is 0 Å². The zero-order chi connectivity index (χ0) is 10.8. The number of hydrogen-bond acceptors (Lipinski definition) is 4. The average Bonchev–Trinajstić information content (AvgIpc) is 2.16. The Morgan fingerprint density at radius 1 is 1.27 bits per heavy atom. The van der Waals surface area contributed by atoms with Crippen LogP contribution in [0, 0.1) is 5.95 Å². The first-order valence-corrected chi connectivity index (χ1v) is 4.35. The van der Waals surface area contributed by atoms with Crippen molar-refractivity contribution in [1.82, 2.24) is 10.3 Å². The number of carbonyl (C=O) groups excluding carboxylic acids is 2. The molecule has 78 valence electrons. The molecule has 1 aromatic heterocycles. The maximum atomic E-state index is 12.8. The second-order valence-electron chi connectivity index (χ2n) is 3.15. The van der Waals surface area contributed by atoms with Gasteiger partial charge in [-0.15, -0.1) is 0 Å². The highest BCUT2D eigenvalue weighted by molar-refractivity contribution is 6.02. The molecule has 1 aliphatic rings. The van der Waals surface area contributed by atoms with Crippen molar-refractivity contribution >= 4 is 17.6 Å². The van der Waals surface area contributed by atoms with Gasteiger partial charge in [0.05, 0.1) is 13.1 Å². The summed E-state index contributed by atoms with van der Waals surface area (Å²) in [7, 11) is 0. The SMILES string of the molecule is O=C1CN(c2cccc(F)n2)CC(=O)N1. The van der Waals surface area contributed by atoms with Crippen LogP contribution in [0.1, 0.15) is 0 Å². The maximum absolute atomic E-state index is 12.8. The number of imide groups is 1. The third-order valence-electron chi connectivity index (χ3n) is 1.97. The molecule has 0 aliphatic carbocycles. The van der Waals surface area contributed by atoms with Crippen molar-refractivity contribution < 1.29 is 14.0 Å². The predicted octanol–water partition coefficient (Wildman–Crippen LogP) is -0.316. The van der Waals surface area contributed by atoms with E-state index in [1.165, 1.54) is 17.0 Å². The molecule has 2 amide bonds. The molecule has 1 N–H and O–H groups in total. The van der Waals surface area contributed by atoms with Crippen LogP contribution < -0.4 is 10.2 Å². The largest absolute Gasteiger partial charge is 0.338 e. The van der Waals surface area contributed by atoms with Gasteiger partial charge in [-0.2, -0.15) is 4.39 Å². The fourth-order valence-corrected chi connectivity index (χ4v) is 1.37. The number of nitrogens with one attached hydrogen (secondary N) is 1. The van der Waals surface area contributed by atoms with Crippen LogP contribution in [-0.4, -0.2) is 29.9 Å². The van der Waals surface area contributed by atoms with Gasteiger partial charge in [0.15, 0.2) is 0 Å². The molecule has 5 nitrogen and oxygen atoms in total. The Morgan fingerprint density at radius 2 is 1.93 bits per heavy atom. The van der Waals surface area contributed by atoms with Gasteiger partial charge >= 0.3 is 0 Å². The molecule has 15 heavy (non-hydrogen) atoms. The second kappa shape index (κ2) is 3.64. The van der Waals surface area contributed by atoms with E-state index in [2.05, 4.69) is 10.3 Å². The van der Waals surface area contributed by atoms with Crippen molar-refractivity contribution in [3.63, 3.8) is 0 Å². The van der Waals surface area contributed by atoms with Crippen LogP contribution in [0.15, 0.2) is 18.2 Å². The maximum Gasteiger partial charge on any atom is 0.246 e. The number of pyridine rings is 1. The molecule has 0 unspecified atom stereocenters. The van der Waals surface area contributed by atoms with Gasteiger partial charge < -0.3 is 4.90 Å². The first-order valence-electron chi connectivity index (χ1n) is 4.35. The van der Waals surface area contributed by atoms with Gasteiger partial charge in [-0.1, -0.05) is 6.07 Å². The minimum atomic E-state index is -0.633. The normalized spacial score (nSPS) is 16.5. The van der Waals surface area contributed by atoms with Crippen LogP contribution in [0.3, 0.4) is 0 Å². The lowest BCUT2D eigenvalue weighted by Crippen LogP contribution is -2.51. The van der Waals surface area contributed by atoms with E-state index >= 15 is 0 Å². The number of rotatable bonds is 1. The number of amides is 2. The highest BCUT2D eigenvalue weighted by Crippen LogP contribution is 2.11. The van der Waals surface area contributed by atoms with E-state index in [4.69, 9.17) is 0 Å². The van der Waals surface area contributed by atoms with Crippen molar-refractivity contribution in [3.8, 4) is 0 Å². The molecule has 1 fully saturated rings. The minimum absolute atomic E-state index is 0.0161. The standard InChI is InChI=1S/C9H8FN3O2/c10-6-2-1-3-7(11-6)13-4-8(14)12-9(15)5-13/h1-3H,4-5H2,(H,12,14,15). The van der Waals surface area contributed by atoms with Gasteiger partial charge in [0.1, 0.15) is 5.82 Å². The Labute approximate surface area is 84.9 Å². The third kappa shape index (κ3) is 2.09. The van der Waals surface area contributed by atoms with Crippen LogP contribution in [-0.2, 0) is 9.59 Å². The van der Waals surface area contributed by atoms with Crippen molar-refractivity contribution in [3.05, 3.63) is 24.1 Å². The van der Waals surface area contributed by atoms with Crippen molar-refractivity contribution in [1.29, 1.82) is 0 Å². The first-order chi connectivity index (χ1) is 7.15. The number of nitrogens with zero attached hydrogens (tertiary/aromatic N) is 2. The van der Waals surface area contributed by atoms with Crippen molar-refractivity contribution in [2.45, 2.75) is 0 Å². The number of aromatic nitrogens is 1. The summed E-state index contributed by atoms with van der Waals surface area (Å²) >= 11 is 0. The number of piperazine rings is 1. The van der Waals surface area contributed by atoms with Crippen LogP contribution in [0.2, 0.25) is 0 Å². The molecular formula is C9H8FN3O2. The first kappa shape index (κ1) is 9.57. The Bertz CT molecular complexity index is 406. The van der Waals surface area contributed by atoms with E-state index in [0.29, 0.717) is 5.82 Å². The molecule has 2 heterocycles. The van der Waals surface area contributed by atoms with Crippen LogP contribution in [0.4, 0.5) is 10.2 Å². The monoisotopic (exact) mass is 209 g/mol. The molecule has 0 bridgehead atoms. The van der Waals surface area contributed by atoms with Gasteiger partial charge in [-0.3, -0.25) is 14.9 Å². The van der Waals surface area contributed by atoms with Crippen molar-refractivity contribution in [2.75, 3.05) is 18.0 Å². The highest BCUT2D eigenvalue weighted by atomic mass is 19.1. The molecule has 0 radical (unpaired) electrons. The van der Waals surface area contributed by atoms with E-state index in [-0.39, 0.29) is 13.1 Å². The minimum Gasteiger partial charge on any atom is -0.338 e. The number of anilines is 1. The van der Waals surface area contributed by atoms with Crippen molar-refractivity contribution in [2.24, 2.45) is 0 Å². The summed E-state index contributed by atoms with van der Waals surface area (Å²) < 4.78 is 12.8. The van der Waals surface area contributed by atoms with Gasteiger partial charge in [0, 0.05) is 0 Å². The molecule has 2 rings (SSSR count). The zero-order valence-electron chi connectivity index (χ0n) is 7.74. The quantitative estimate of drug-likeness (QED) is 0.508. The molecule has 6 heteroatoms. The summed E-state index contributed by atoms with van der Waals surface area (Å²) in [5, 5.41) is 2.15. The van der Waals surface area contributed by atoms with E-state index in [0.717, 1.165) is 0 Å². The molecule has 1 aromatic rings. The fraction of sp³-hybridized carbons (Fsp3) is 0.222. The van der Waals surface area contributed by atoms with E-state index in [9.17, 15) is 14.0 Å². The lowest BCUT2D eigenvalue weighted by atomic mass is 10.3. The number of hydrogen-bond donors (Lipinski definition) is 1. The summed E-state index contributed by atoms with van der Waals surface area (Å²) in [5.41, 5.74) is 0. The smallest absolute Gasteiger partial charge is 0.246 e. The number of carbonyl (C=O) groups is 2. The molecular weight excluding hydrogens is 201 g/mol. The molecule has 0 aromatic carbocycles. The molecule has 1 aliphatic heterocycles. The molecule has 0 atom stereocenters. The lowest BCUT2D eigenvalue weighted by Gasteiger charge is -2.26. The summed E-state index contributed by atoms with van der Waals surface area (Å²) in [4.78, 5) is 27.1. The Morgan fingerprint density at radius 3 is 2.53 bits per heavy atom. The fourth-order valence-electron chi connectivity index (χ4n) is 1.37. The Kier molecular flexibility index (Phi) is 2.32. The molecule has 0 spiro atoms. The van der Waals surface area contributed by atoms with E-state index < -0.39 is 17.8 Å². The van der Waals surface area contributed by atoms with Crippen LogP contribution in [0.5, 0.6) is 0 Å². The zero-order valence-corrected chi connectivity index (χ0v) is 7.74. The van der Waals surface area contributed by atoms with Gasteiger partial charge in [0.25, 0.3) is 0 Å². The summed E-state index contributed by atoms with van der Waals surface area (Å²) in [6.07, 6.45) is 0. The van der Waals surface area contributed by atoms with Gasteiger partial charge in [0.2, 0.25) is 17.8 Å². The average molecular weight is 209 g/mol. The Hall–Kier alpha value is -1.98. The summed E-state index contributed by atoms with van der Waals surface area (Å²) in [5.74, 6) is -1.15. The Balaban J connectivity index is 2.23. The third-order valence-corrected chi connectivity index (χ3v) is 1.97. The second-order valence-corrected chi connectivity index (χ2v) is 3.15. The highest BCUT2D eigenvalue weighted by Gasteiger charge is 2.23.